The minimum Gasteiger partial charge on any atom is -0.286 e. The van der Waals surface area contributed by atoms with Gasteiger partial charge in [-0.25, -0.2) is 0 Å². The Morgan fingerprint density at radius 2 is 2.04 bits per heavy atom. The Kier molecular flexibility index (Phi) is 5.03. The van der Waals surface area contributed by atoms with Gasteiger partial charge >= 0.3 is 0 Å². The molecule has 0 aliphatic carbocycles. The topological polar surface area (TPSA) is 32.7 Å². The highest BCUT2D eigenvalue weighted by Gasteiger charge is 2.25. The van der Waals surface area contributed by atoms with Crippen molar-refractivity contribution in [2.45, 2.75) is 12.7 Å². The molecule has 0 saturated heterocycles. The maximum absolute atomic E-state index is 12.6. The van der Waals surface area contributed by atoms with Crippen LogP contribution in [0.15, 0.2) is 53.5 Å². The number of hydrogen-bond acceptors (Lipinski definition) is 3. The summed E-state index contributed by atoms with van der Waals surface area (Å²) in [6, 6.07) is 15.5. The highest BCUT2D eigenvalue weighted by molar-refractivity contribution is 8.13. The molecule has 0 unspecified atom stereocenters. The largest absolute Gasteiger partial charge is 0.286 e. The second kappa shape index (κ2) is 7.20. The predicted octanol–water partition coefficient (Wildman–Crippen LogP) is 4.39. The highest BCUT2D eigenvalue weighted by Crippen LogP contribution is 2.22. The van der Waals surface area contributed by atoms with E-state index in [1.807, 2.05) is 0 Å². The van der Waals surface area contributed by atoms with Gasteiger partial charge in [-0.15, -0.1) is 0 Å². The first kappa shape index (κ1) is 16.1. The highest BCUT2D eigenvalue weighted by atomic mass is 35.5. The lowest BCUT2D eigenvalue weighted by Crippen LogP contribution is -2.32. The number of benzene rings is 2. The molecule has 0 spiro atoms. The van der Waals surface area contributed by atoms with Gasteiger partial charge in [-0.3, -0.25) is 14.7 Å². The van der Waals surface area contributed by atoms with E-state index in [0.717, 1.165) is 10.9 Å². The standard InChI is InChI=1S/C18H17ClN2OS/c1-13-5-7-14(8-6-13)12-23-18-20-9-10-21(18)17(22)15-3-2-4-16(19)11-15/h2-8,11H,9-10,12H2,1H3. The second-order valence-corrected chi connectivity index (χ2v) is 6.78. The molecule has 3 nitrogen and oxygen atoms in total. The Labute approximate surface area is 145 Å². The Morgan fingerprint density at radius 1 is 1.26 bits per heavy atom. The fourth-order valence-corrected chi connectivity index (χ4v) is 3.54. The molecule has 0 saturated carbocycles. The quantitative estimate of drug-likeness (QED) is 0.827. The summed E-state index contributed by atoms with van der Waals surface area (Å²) >= 11 is 7.58. The number of halogens is 1. The fourth-order valence-electron chi connectivity index (χ4n) is 2.35. The number of rotatable bonds is 3. The van der Waals surface area contributed by atoms with Crippen molar-refractivity contribution in [2.75, 3.05) is 13.1 Å². The molecule has 118 valence electrons. The van der Waals surface area contributed by atoms with Gasteiger partial charge in [-0.2, -0.15) is 0 Å². The van der Waals surface area contributed by atoms with E-state index in [-0.39, 0.29) is 5.91 Å². The van der Waals surface area contributed by atoms with Gasteiger partial charge in [-0.05, 0) is 30.7 Å². The monoisotopic (exact) mass is 344 g/mol. The summed E-state index contributed by atoms with van der Waals surface area (Å²) in [6.07, 6.45) is 0. The van der Waals surface area contributed by atoms with Gasteiger partial charge in [-0.1, -0.05) is 59.3 Å². The Hall–Kier alpha value is -1.78. The van der Waals surface area contributed by atoms with Crippen LogP contribution in [0, 0.1) is 6.92 Å². The normalized spacial score (nSPS) is 14.0. The fraction of sp³-hybridized carbons (Fsp3) is 0.222. The van der Waals surface area contributed by atoms with Crippen LogP contribution in [0.3, 0.4) is 0 Å². The molecule has 0 fully saturated rings. The van der Waals surface area contributed by atoms with E-state index in [0.29, 0.717) is 23.7 Å². The van der Waals surface area contributed by atoms with Gasteiger partial charge in [0.05, 0.1) is 6.54 Å². The molecular weight excluding hydrogens is 328 g/mol. The molecule has 2 aromatic rings. The number of amidine groups is 1. The van der Waals surface area contributed by atoms with Crippen LogP contribution < -0.4 is 0 Å². The third-order valence-electron chi connectivity index (χ3n) is 3.61. The average Bonchev–Trinajstić information content (AvgIpc) is 3.02. The molecule has 1 aliphatic heterocycles. The molecule has 5 heteroatoms. The lowest BCUT2D eigenvalue weighted by molar-refractivity contribution is 0.0860. The predicted molar refractivity (Wildman–Crippen MR) is 97.3 cm³/mol. The molecule has 23 heavy (non-hydrogen) atoms. The van der Waals surface area contributed by atoms with Crippen molar-refractivity contribution in [1.82, 2.24) is 4.90 Å². The second-order valence-electron chi connectivity index (χ2n) is 5.41. The zero-order valence-electron chi connectivity index (χ0n) is 12.8. The molecule has 3 rings (SSSR count). The van der Waals surface area contributed by atoms with Crippen LogP contribution in [0.5, 0.6) is 0 Å². The zero-order valence-corrected chi connectivity index (χ0v) is 14.4. The Morgan fingerprint density at radius 3 is 2.78 bits per heavy atom. The smallest absolute Gasteiger partial charge is 0.259 e. The maximum atomic E-state index is 12.6. The molecule has 0 aromatic heterocycles. The first-order valence-electron chi connectivity index (χ1n) is 7.44. The summed E-state index contributed by atoms with van der Waals surface area (Å²) in [5.74, 6) is 0.762. The van der Waals surface area contributed by atoms with E-state index < -0.39 is 0 Å². The lowest BCUT2D eigenvalue weighted by Gasteiger charge is -2.18. The van der Waals surface area contributed by atoms with Crippen molar-refractivity contribution < 1.29 is 4.79 Å². The molecule has 1 heterocycles. The summed E-state index contributed by atoms with van der Waals surface area (Å²) in [6.45, 7) is 3.35. The molecular formula is C18H17ClN2OS. The van der Waals surface area contributed by atoms with Crippen LogP contribution in [0.25, 0.3) is 0 Å². The van der Waals surface area contributed by atoms with Gasteiger partial charge in [0, 0.05) is 22.9 Å². The first-order valence-corrected chi connectivity index (χ1v) is 8.80. The van der Waals surface area contributed by atoms with Gasteiger partial charge in [0.15, 0.2) is 5.17 Å². The number of thioether (sulfide) groups is 1. The number of aliphatic imine (C=N–C) groups is 1. The number of carbonyl (C=O) groups excluding carboxylic acids is 1. The third kappa shape index (κ3) is 3.95. The van der Waals surface area contributed by atoms with Gasteiger partial charge in [0.2, 0.25) is 0 Å². The molecule has 2 aromatic carbocycles. The molecule has 0 bridgehead atoms. The average molecular weight is 345 g/mol. The zero-order chi connectivity index (χ0) is 16.2. The van der Waals surface area contributed by atoms with Crippen molar-refractivity contribution in [3.05, 3.63) is 70.2 Å². The van der Waals surface area contributed by atoms with Gasteiger partial charge in [0.25, 0.3) is 5.91 Å². The Balaban J connectivity index is 1.67. The third-order valence-corrected chi connectivity index (χ3v) is 4.93. The van der Waals surface area contributed by atoms with Crippen molar-refractivity contribution in [1.29, 1.82) is 0 Å². The summed E-state index contributed by atoms with van der Waals surface area (Å²) in [4.78, 5) is 18.8. The Bertz CT molecular complexity index is 743. The van der Waals surface area contributed by atoms with Crippen molar-refractivity contribution in [3.63, 3.8) is 0 Å². The molecule has 1 amide bonds. The molecule has 1 aliphatic rings. The summed E-state index contributed by atoms with van der Waals surface area (Å²) < 4.78 is 0. The molecule has 0 atom stereocenters. The molecule has 0 N–H and O–H groups in total. The number of aryl methyl sites for hydroxylation is 1. The van der Waals surface area contributed by atoms with E-state index in [1.54, 1.807) is 40.9 Å². The van der Waals surface area contributed by atoms with E-state index >= 15 is 0 Å². The first-order chi connectivity index (χ1) is 11.1. The minimum absolute atomic E-state index is 0.0415. The SMILES string of the molecule is Cc1ccc(CSC2=NCCN2C(=O)c2cccc(Cl)c2)cc1. The van der Waals surface area contributed by atoms with Crippen LogP contribution in [0.1, 0.15) is 21.5 Å². The van der Waals surface area contributed by atoms with Crippen molar-refractivity contribution in [3.8, 4) is 0 Å². The lowest BCUT2D eigenvalue weighted by atomic mass is 10.2. The summed E-state index contributed by atoms with van der Waals surface area (Å²) in [7, 11) is 0. The number of amides is 1. The number of hydrogen-bond donors (Lipinski definition) is 0. The van der Waals surface area contributed by atoms with Crippen LogP contribution >= 0.6 is 23.4 Å². The van der Waals surface area contributed by atoms with Crippen LogP contribution in [0.4, 0.5) is 0 Å². The van der Waals surface area contributed by atoms with E-state index in [4.69, 9.17) is 11.6 Å². The van der Waals surface area contributed by atoms with Gasteiger partial charge in [0.1, 0.15) is 0 Å². The van der Waals surface area contributed by atoms with E-state index in [1.165, 1.54) is 11.1 Å². The number of nitrogens with zero attached hydrogens (tertiary/aromatic N) is 2. The van der Waals surface area contributed by atoms with Gasteiger partial charge < -0.3 is 0 Å². The summed E-state index contributed by atoms with van der Waals surface area (Å²) in [5, 5.41) is 1.36. The van der Waals surface area contributed by atoms with E-state index in [2.05, 4.69) is 36.2 Å². The minimum atomic E-state index is -0.0415. The van der Waals surface area contributed by atoms with Crippen LogP contribution in [-0.4, -0.2) is 29.1 Å². The van der Waals surface area contributed by atoms with E-state index in [9.17, 15) is 4.79 Å². The number of carbonyl (C=O) groups is 1. The molecule has 0 radical (unpaired) electrons. The van der Waals surface area contributed by atoms with Crippen molar-refractivity contribution >= 4 is 34.4 Å². The van der Waals surface area contributed by atoms with Crippen LogP contribution in [0.2, 0.25) is 5.02 Å². The van der Waals surface area contributed by atoms with Crippen molar-refractivity contribution in [2.24, 2.45) is 4.99 Å². The maximum Gasteiger partial charge on any atom is 0.259 e. The summed E-state index contributed by atoms with van der Waals surface area (Å²) in [5.41, 5.74) is 3.07. The van der Waals surface area contributed by atoms with Crippen LogP contribution in [-0.2, 0) is 5.75 Å².